The molecule has 0 saturated heterocycles. The summed E-state index contributed by atoms with van der Waals surface area (Å²) >= 11 is 0. The van der Waals surface area contributed by atoms with Crippen LogP contribution in [0.4, 0.5) is 10.1 Å². The highest BCUT2D eigenvalue weighted by molar-refractivity contribution is 7.92. The maximum atomic E-state index is 13.3. The molecule has 0 spiro atoms. The first kappa shape index (κ1) is 21.8. The first-order valence-electron chi connectivity index (χ1n) is 10.2. The average Bonchev–Trinajstić information content (AvgIpc) is 2.79. The van der Waals surface area contributed by atoms with Crippen LogP contribution >= 0.6 is 0 Å². The summed E-state index contributed by atoms with van der Waals surface area (Å²) in [6.07, 6.45) is -1.03. The van der Waals surface area contributed by atoms with E-state index >= 15 is 0 Å². The number of hydrogen-bond acceptors (Lipinski definition) is 4. The molecule has 0 fully saturated rings. The molecule has 3 aromatic carbocycles. The largest absolute Gasteiger partial charge is 0.476 e. The highest BCUT2D eigenvalue weighted by Gasteiger charge is 2.37. The minimum atomic E-state index is -3.77. The highest BCUT2D eigenvalue weighted by atomic mass is 32.2. The summed E-state index contributed by atoms with van der Waals surface area (Å²) in [5.41, 5.74) is 1.78. The van der Waals surface area contributed by atoms with Crippen molar-refractivity contribution in [3.05, 3.63) is 95.8 Å². The van der Waals surface area contributed by atoms with Crippen molar-refractivity contribution in [2.24, 2.45) is 0 Å². The molecule has 0 bridgehead atoms. The minimum absolute atomic E-state index is 0.145. The van der Waals surface area contributed by atoms with Crippen molar-refractivity contribution in [2.45, 2.75) is 24.8 Å². The van der Waals surface area contributed by atoms with Gasteiger partial charge in [0.1, 0.15) is 11.6 Å². The fraction of sp³-hybridized carbons (Fsp3) is 0.208. The third kappa shape index (κ3) is 4.75. The van der Waals surface area contributed by atoms with E-state index in [4.69, 9.17) is 4.74 Å². The van der Waals surface area contributed by atoms with E-state index in [0.717, 1.165) is 5.56 Å². The van der Waals surface area contributed by atoms with Gasteiger partial charge in [0.2, 0.25) is 10.0 Å². The maximum absolute atomic E-state index is 13.3. The second kappa shape index (κ2) is 9.00. The molecule has 1 N–H and O–H groups in total. The van der Waals surface area contributed by atoms with Crippen LogP contribution in [0.1, 0.15) is 24.1 Å². The Hall–Kier alpha value is -3.39. The van der Waals surface area contributed by atoms with Gasteiger partial charge in [-0.05, 0) is 42.3 Å². The fourth-order valence-corrected chi connectivity index (χ4v) is 5.19. The van der Waals surface area contributed by atoms with E-state index < -0.39 is 28.1 Å². The van der Waals surface area contributed by atoms with Gasteiger partial charge in [-0.1, -0.05) is 54.6 Å². The van der Waals surface area contributed by atoms with Gasteiger partial charge in [-0.25, -0.2) is 12.8 Å². The van der Waals surface area contributed by atoms with Gasteiger partial charge < -0.3 is 10.1 Å². The van der Waals surface area contributed by atoms with Crippen molar-refractivity contribution >= 4 is 21.6 Å². The zero-order valence-corrected chi connectivity index (χ0v) is 18.3. The van der Waals surface area contributed by atoms with Crippen LogP contribution < -0.4 is 14.4 Å². The lowest BCUT2D eigenvalue weighted by molar-refractivity contribution is -0.128. The van der Waals surface area contributed by atoms with Gasteiger partial charge >= 0.3 is 0 Å². The van der Waals surface area contributed by atoms with E-state index in [1.807, 2.05) is 6.07 Å². The molecule has 32 heavy (non-hydrogen) atoms. The van der Waals surface area contributed by atoms with E-state index in [2.05, 4.69) is 5.32 Å². The normalized spacial score (nSPS) is 16.6. The smallest absolute Gasteiger partial charge is 0.263 e. The number of rotatable bonds is 6. The molecule has 1 aliphatic rings. The molecule has 2 atom stereocenters. The van der Waals surface area contributed by atoms with Crippen molar-refractivity contribution in [3.63, 3.8) is 0 Å². The SMILES string of the molecule is C[C@@H](NC(=O)[C@@H]1CN(S(=O)(=O)Cc2ccccc2)c2ccccc2O1)c1ccc(F)cc1. The number of anilines is 1. The number of carbonyl (C=O) groups excluding carboxylic acids is 1. The van der Waals surface area contributed by atoms with Crippen LogP contribution in [0.2, 0.25) is 0 Å². The van der Waals surface area contributed by atoms with E-state index in [-0.39, 0.29) is 18.1 Å². The molecule has 0 unspecified atom stereocenters. The third-order valence-electron chi connectivity index (χ3n) is 5.28. The number of nitrogens with one attached hydrogen (secondary N) is 1. The molecule has 0 aromatic heterocycles. The Morgan fingerprint density at radius 3 is 2.44 bits per heavy atom. The van der Waals surface area contributed by atoms with Gasteiger partial charge in [0.15, 0.2) is 6.10 Å². The summed E-state index contributed by atoms with van der Waals surface area (Å²) in [5.74, 6) is -0.678. The number of para-hydroxylation sites is 2. The maximum Gasteiger partial charge on any atom is 0.263 e. The topological polar surface area (TPSA) is 75.7 Å². The van der Waals surface area contributed by atoms with E-state index in [9.17, 15) is 17.6 Å². The molecule has 4 rings (SSSR count). The van der Waals surface area contributed by atoms with Crippen LogP contribution in [-0.4, -0.2) is 27.0 Å². The molecule has 6 nitrogen and oxygen atoms in total. The summed E-state index contributed by atoms with van der Waals surface area (Å²) in [5, 5.41) is 2.83. The summed E-state index contributed by atoms with van der Waals surface area (Å²) in [6.45, 7) is 1.62. The number of benzene rings is 3. The van der Waals surface area contributed by atoms with Crippen molar-refractivity contribution in [1.29, 1.82) is 0 Å². The number of fused-ring (bicyclic) bond motifs is 1. The zero-order chi connectivity index (χ0) is 22.7. The van der Waals surface area contributed by atoms with Crippen LogP contribution in [0.15, 0.2) is 78.9 Å². The Morgan fingerprint density at radius 2 is 1.72 bits per heavy atom. The highest BCUT2D eigenvalue weighted by Crippen LogP contribution is 2.36. The van der Waals surface area contributed by atoms with Gasteiger partial charge in [0, 0.05) is 0 Å². The van der Waals surface area contributed by atoms with Gasteiger partial charge in [0.25, 0.3) is 5.91 Å². The van der Waals surface area contributed by atoms with Gasteiger partial charge in [-0.3, -0.25) is 9.10 Å². The summed E-state index contributed by atoms with van der Waals surface area (Å²) < 4.78 is 46.8. The van der Waals surface area contributed by atoms with Crippen LogP contribution in [-0.2, 0) is 20.6 Å². The summed E-state index contributed by atoms with van der Waals surface area (Å²) in [7, 11) is -3.77. The standard InChI is InChI=1S/C24H23FN2O4S/c1-17(19-11-13-20(25)14-12-19)26-24(28)23-15-27(21-9-5-6-10-22(21)31-23)32(29,30)16-18-7-3-2-4-8-18/h2-14,17,23H,15-16H2,1H3,(H,26,28)/t17-,23+/m1/s1. The Balaban J connectivity index is 1.56. The Bertz CT molecular complexity index is 1200. The predicted molar refractivity (Wildman–Crippen MR) is 120 cm³/mol. The van der Waals surface area contributed by atoms with Crippen molar-refractivity contribution in [1.82, 2.24) is 5.32 Å². The van der Waals surface area contributed by atoms with Crippen molar-refractivity contribution in [3.8, 4) is 5.75 Å². The molecular formula is C24H23FN2O4S. The van der Waals surface area contributed by atoms with Crippen LogP contribution in [0, 0.1) is 5.82 Å². The lowest BCUT2D eigenvalue weighted by atomic mass is 10.1. The summed E-state index contributed by atoms with van der Waals surface area (Å²) in [4.78, 5) is 13.0. The quantitative estimate of drug-likeness (QED) is 0.615. The molecule has 0 aliphatic carbocycles. The molecule has 1 heterocycles. The summed E-state index contributed by atoms with van der Waals surface area (Å²) in [6, 6.07) is 21.1. The zero-order valence-electron chi connectivity index (χ0n) is 17.4. The number of carbonyl (C=O) groups is 1. The van der Waals surface area contributed by atoms with Gasteiger partial charge in [0.05, 0.1) is 24.0 Å². The number of ether oxygens (including phenoxy) is 1. The van der Waals surface area contributed by atoms with Crippen molar-refractivity contribution in [2.75, 3.05) is 10.8 Å². The van der Waals surface area contributed by atoms with Crippen LogP contribution in [0.5, 0.6) is 5.75 Å². The second-order valence-electron chi connectivity index (χ2n) is 7.63. The first-order chi connectivity index (χ1) is 15.3. The van der Waals surface area contributed by atoms with E-state index in [1.54, 1.807) is 67.6 Å². The van der Waals surface area contributed by atoms with Gasteiger partial charge in [-0.2, -0.15) is 0 Å². The minimum Gasteiger partial charge on any atom is -0.476 e. The molecule has 166 valence electrons. The number of amides is 1. The average molecular weight is 455 g/mol. The predicted octanol–water partition coefficient (Wildman–Crippen LogP) is 3.80. The Labute approximate surface area is 186 Å². The molecule has 1 aliphatic heterocycles. The molecular weight excluding hydrogens is 431 g/mol. The fourth-order valence-electron chi connectivity index (χ4n) is 3.61. The molecule has 3 aromatic rings. The monoisotopic (exact) mass is 454 g/mol. The molecule has 0 saturated carbocycles. The van der Waals surface area contributed by atoms with Gasteiger partial charge in [-0.15, -0.1) is 0 Å². The second-order valence-corrected chi connectivity index (χ2v) is 9.52. The Morgan fingerprint density at radius 1 is 1.06 bits per heavy atom. The number of nitrogens with zero attached hydrogens (tertiary/aromatic N) is 1. The Kier molecular flexibility index (Phi) is 6.14. The molecule has 1 amide bonds. The lowest BCUT2D eigenvalue weighted by Crippen LogP contribution is -2.51. The van der Waals surface area contributed by atoms with E-state index in [0.29, 0.717) is 17.0 Å². The third-order valence-corrected chi connectivity index (χ3v) is 7.00. The number of halogens is 1. The van der Waals surface area contributed by atoms with E-state index in [1.165, 1.54) is 16.4 Å². The first-order valence-corrected chi connectivity index (χ1v) is 11.8. The van der Waals surface area contributed by atoms with Crippen LogP contribution in [0.3, 0.4) is 0 Å². The van der Waals surface area contributed by atoms with Crippen molar-refractivity contribution < 1.29 is 22.3 Å². The number of hydrogen-bond donors (Lipinski definition) is 1. The van der Waals surface area contributed by atoms with Crippen LogP contribution in [0.25, 0.3) is 0 Å². The molecule has 0 radical (unpaired) electrons. The number of sulfonamides is 1. The lowest BCUT2D eigenvalue weighted by Gasteiger charge is -2.35. The molecule has 8 heteroatoms.